The number of urea groups is 1. The monoisotopic (exact) mass is 256 g/mol. The van der Waals surface area contributed by atoms with Gasteiger partial charge in [0.05, 0.1) is 13.2 Å². The number of amides is 2. The summed E-state index contributed by atoms with van der Waals surface area (Å²) in [5.41, 5.74) is 1.13. The fraction of sp³-hybridized carbons (Fsp3) is 0.267. The molecule has 1 saturated heterocycles. The molecule has 4 heteroatoms. The zero-order valence-corrected chi connectivity index (χ0v) is 11.0. The van der Waals surface area contributed by atoms with Crippen molar-refractivity contribution in [1.82, 2.24) is 10.2 Å². The zero-order chi connectivity index (χ0) is 13.4. The van der Waals surface area contributed by atoms with Crippen LogP contribution in [0.4, 0.5) is 4.79 Å². The molecule has 1 aliphatic heterocycles. The summed E-state index contributed by atoms with van der Waals surface area (Å²) in [6.07, 6.45) is 0. The lowest BCUT2D eigenvalue weighted by molar-refractivity contribution is 0.226. The first-order valence-corrected chi connectivity index (χ1v) is 6.27. The molecule has 3 rings (SSSR count). The number of hydrogen-bond acceptors (Lipinski definition) is 2. The van der Waals surface area contributed by atoms with Crippen LogP contribution in [0.5, 0.6) is 5.75 Å². The van der Waals surface area contributed by atoms with Gasteiger partial charge in [0.25, 0.3) is 0 Å². The molecule has 1 unspecified atom stereocenters. The number of nitrogens with zero attached hydrogens (tertiary/aromatic N) is 1. The van der Waals surface area contributed by atoms with Gasteiger partial charge in [-0.25, -0.2) is 4.79 Å². The van der Waals surface area contributed by atoms with Gasteiger partial charge in [0.2, 0.25) is 0 Å². The summed E-state index contributed by atoms with van der Waals surface area (Å²) in [7, 11) is 3.47. The quantitative estimate of drug-likeness (QED) is 0.897. The molecular formula is C15H16N2O2. The second-order valence-corrected chi connectivity index (χ2v) is 4.86. The smallest absolute Gasteiger partial charge is 0.317 e. The minimum atomic E-state index is -0.0140. The first-order chi connectivity index (χ1) is 9.17. The van der Waals surface area contributed by atoms with E-state index in [1.54, 1.807) is 19.1 Å². The molecule has 2 amide bonds. The highest BCUT2D eigenvalue weighted by atomic mass is 16.5. The SMILES string of the molecule is COc1ccc2cc(C3CN(C)C(=O)N3)ccc2c1. The number of rotatable bonds is 2. The average molecular weight is 256 g/mol. The third-order valence-corrected chi connectivity index (χ3v) is 3.57. The van der Waals surface area contributed by atoms with E-state index in [0.29, 0.717) is 6.54 Å². The van der Waals surface area contributed by atoms with Gasteiger partial charge >= 0.3 is 6.03 Å². The van der Waals surface area contributed by atoms with E-state index in [1.165, 1.54) is 0 Å². The third kappa shape index (κ3) is 2.10. The number of ether oxygens (including phenoxy) is 1. The molecule has 2 aromatic rings. The number of hydrogen-bond donors (Lipinski definition) is 1. The predicted octanol–water partition coefficient (Wildman–Crippen LogP) is 2.54. The van der Waals surface area contributed by atoms with Gasteiger partial charge in [-0.3, -0.25) is 0 Å². The molecule has 1 aliphatic rings. The van der Waals surface area contributed by atoms with Crippen molar-refractivity contribution in [1.29, 1.82) is 0 Å². The lowest BCUT2D eigenvalue weighted by Gasteiger charge is -2.11. The average Bonchev–Trinajstić information content (AvgIpc) is 2.77. The predicted molar refractivity (Wildman–Crippen MR) is 74.4 cm³/mol. The summed E-state index contributed by atoms with van der Waals surface area (Å²) in [6.45, 7) is 0.709. The van der Waals surface area contributed by atoms with Crippen LogP contribution >= 0.6 is 0 Å². The standard InChI is InChI=1S/C15H16N2O2/c1-17-9-14(16-15(17)18)12-4-3-11-8-13(19-2)6-5-10(11)7-12/h3-8,14H,9H2,1-2H3,(H,16,18). The Bertz CT molecular complexity index is 639. The molecule has 0 bridgehead atoms. The molecule has 98 valence electrons. The summed E-state index contributed by atoms with van der Waals surface area (Å²) in [5.74, 6) is 0.856. The van der Waals surface area contributed by atoms with Crippen molar-refractivity contribution in [3.63, 3.8) is 0 Å². The molecule has 2 aromatic carbocycles. The maximum atomic E-state index is 11.5. The molecular weight excluding hydrogens is 240 g/mol. The first-order valence-electron chi connectivity index (χ1n) is 6.27. The van der Waals surface area contributed by atoms with Gasteiger partial charge in [-0.2, -0.15) is 0 Å². The van der Waals surface area contributed by atoms with Gasteiger partial charge in [0, 0.05) is 13.6 Å². The van der Waals surface area contributed by atoms with Crippen LogP contribution in [0.25, 0.3) is 10.8 Å². The minimum absolute atomic E-state index is 0.0140. The Balaban J connectivity index is 1.96. The lowest BCUT2D eigenvalue weighted by atomic mass is 10.0. The van der Waals surface area contributed by atoms with Crippen LogP contribution in [0.3, 0.4) is 0 Å². The fourth-order valence-electron chi connectivity index (χ4n) is 2.44. The molecule has 0 saturated carbocycles. The van der Waals surface area contributed by atoms with Crippen molar-refractivity contribution in [3.05, 3.63) is 42.0 Å². The Morgan fingerprint density at radius 1 is 1.21 bits per heavy atom. The molecule has 19 heavy (non-hydrogen) atoms. The van der Waals surface area contributed by atoms with Crippen LogP contribution in [0.15, 0.2) is 36.4 Å². The van der Waals surface area contributed by atoms with E-state index in [0.717, 1.165) is 22.1 Å². The summed E-state index contributed by atoms with van der Waals surface area (Å²) < 4.78 is 5.22. The number of carbonyl (C=O) groups is 1. The molecule has 1 atom stereocenters. The van der Waals surface area contributed by atoms with Crippen LogP contribution < -0.4 is 10.1 Å². The molecule has 1 N–H and O–H groups in total. The Hall–Kier alpha value is -2.23. The van der Waals surface area contributed by atoms with Gasteiger partial charge in [0.15, 0.2) is 0 Å². The highest BCUT2D eigenvalue weighted by Gasteiger charge is 2.26. The van der Waals surface area contributed by atoms with Crippen LogP contribution in [0.2, 0.25) is 0 Å². The van der Waals surface area contributed by atoms with Gasteiger partial charge in [0.1, 0.15) is 5.75 Å². The molecule has 1 fully saturated rings. The van der Waals surface area contributed by atoms with Gasteiger partial charge in [-0.15, -0.1) is 0 Å². The van der Waals surface area contributed by atoms with E-state index in [1.807, 2.05) is 18.2 Å². The van der Waals surface area contributed by atoms with E-state index < -0.39 is 0 Å². The molecule has 0 spiro atoms. The normalized spacial score (nSPS) is 18.7. The zero-order valence-electron chi connectivity index (χ0n) is 11.0. The Morgan fingerprint density at radius 2 is 1.95 bits per heavy atom. The Morgan fingerprint density at radius 3 is 2.63 bits per heavy atom. The number of nitrogens with one attached hydrogen (secondary N) is 1. The number of carbonyl (C=O) groups excluding carboxylic acids is 1. The van der Waals surface area contributed by atoms with Crippen molar-refractivity contribution in [2.24, 2.45) is 0 Å². The second-order valence-electron chi connectivity index (χ2n) is 4.86. The first kappa shape index (κ1) is 11.8. The number of methoxy groups -OCH3 is 1. The van der Waals surface area contributed by atoms with E-state index >= 15 is 0 Å². The summed E-state index contributed by atoms with van der Waals surface area (Å²) >= 11 is 0. The molecule has 0 aliphatic carbocycles. The molecule has 0 radical (unpaired) electrons. The Labute approximate surface area is 112 Å². The van der Waals surface area contributed by atoms with Crippen molar-refractivity contribution < 1.29 is 9.53 Å². The molecule has 1 heterocycles. The molecule has 4 nitrogen and oxygen atoms in total. The highest BCUT2D eigenvalue weighted by molar-refractivity contribution is 5.85. The van der Waals surface area contributed by atoms with E-state index in [4.69, 9.17) is 4.74 Å². The van der Waals surface area contributed by atoms with Crippen LogP contribution in [0, 0.1) is 0 Å². The number of likely N-dealkylation sites (N-methyl/N-ethyl adjacent to an activating group) is 1. The second kappa shape index (κ2) is 4.46. The van der Waals surface area contributed by atoms with Crippen LogP contribution in [0.1, 0.15) is 11.6 Å². The topological polar surface area (TPSA) is 41.6 Å². The van der Waals surface area contributed by atoms with Crippen LogP contribution in [-0.2, 0) is 0 Å². The summed E-state index contributed by atoms with van der Waals surface area (Å²) in [5, 5.41) is 5.26. The number of benzene rings is 2. The van der Waals surface area contributed by atoms with Gasteiger partial charge in [-0.05, 0) is 34.5 Å². The fourth-order valence-corrected chi connectivity index (χ4v) is 2.44. The third-order valence-electron chi connectivity index (χ3n) is 3.57. The van der Waals surface area contributed by atoms with E-state index in [-0.39, 0.29) is 12.1 Å². The number of fused-ring (bicyclic) bond motifs is 1. The summed E-state index contributed by atoms with van der Waals surface area (Å²) in [6, 6.07) is 12.3. The van der Waals surface area contributed by atoms with Crippen molar-refractivity contribution in [2.45, 2.75) is 6.04 Å². The summed E-state index contributed by atoms with van der Waals surface area (Å²) in [4.78, 5) is 13.2. The van der Waals surface area contributed by atoms with Crippen LogP contribution in [-0.4, -0.2) is 31.6 Å². The van der Waals surface area contributed by atoms with Gasteiger partial charge < -0.3 is 15.0 Å². The molecule has 0 aromatic heterocycles. The van der Waals surface area contributed by atoms with Gasteiger partial charge in [-0.1, -0.05) is 18.2 Å². The maximum absolute atomic E-state index is 11.5. The lowest BCUT2D eigenvalue weighted by Crippen LogP contribution is -2.23. The van der Waals surface area contributed by atoms with E-state index in [9.17, 15) is 4.79 Å². The van der Waals surface area contributed by atoms with Crippen molar-refractivity contribution in [3.8, 4) is 5.75 Å². The minimum Gasteiger partial charge on any atom is -0.497 e. The van der Waals surface area contributed by atoms with Crippen molar-refractivity contribution in [2.75, 3.05) is 20.7 Å². The largest absolute Gasteiger partial charge is 0.497 e. The Kier molecular flexibility index (Phi) is 2.78. The highest BCUT2D eigenvalue weighted by Crippen LogP contribution is 2.26. The maximum Gasteiger partial charge on any atom is 0.317 e. The van der Waals surface area contributed by atoms with E-state index in [2.05, 4.69) is 23.5 Å². The van der Waals surface area contributed by atoms with Crippen molar-refractivity contribution >= 4 is 16.8 Å².